The molecular formula is C16H21N3. The normalized spacial score (nSPS) is 10.5. The fraction of sp³-hybridized carbons (Fsp3) is 0.312. The second-order valence-corrected chi connectivity index (χ2v) is 4.79. The first-order valence-corrected chi connectivity index (χ1v) is 6.64. The van der Waals surface area contributed by atoms with Gasteiger partial charge in [-0.3, -0.25) is 4.98 Å². The van der Waals surface area contributed by atoms with Gasteiger partial charge in [-0.05, 0) is 44.5 Å². The summed E-state index contributed by atoms with van der Waals surface area (Å²) < 4.78 is 0. The minimum absolute atomic E-state index is 0.784. The largest absolute Gasteiger partial charge is 0.397 e. The van der Waals surface area contributed by atoms with Crippen molar-refractivity contribution in [2.45, 2.75) is 27.3 Å². The van der Waals surface area contributed by atoms with Crippen molar-refractivity contribution in [2.24, 2.45) is 0 Å². The van der Waals surface area contributed by atoms with Crippen LogP contribution in [0.5, 0.6) is 0 Å². The molecule has 0 atom stereocenters. The zero-order chi connectivity index (χ0) is 13.8. The first-order chi connectivity index (χ1) is 9.11. The van der Waals surface area contributed by atoms with E-state index in [0.29, 0.717) is 0 Å². The molecule has 0 unspecified atom stereocenters. The number of hydrogen-bond acceptors (Lipinski definition) is 3. The topological polar surface area (TPSA) is 42.2 Å². The summed E-state index contributed by atoms with van der Waals surface area (Å²) in [6.45, 7) is 7.88. The Hall–Kier alpha value is -2.03. The van der Waals surface area contributed by atoms with Gasteiger partial charge in [0.1, 0.15) is 0 Å². The Morgan fingerprint density at radius 1 is 1.11 bits per heavy atom. The molecule has 3 heteroatoms. The summed E-state index contributed by atoms with van der Waals surface area (Å²) in [5.41, 5.74) is 11.4. The molecule has 0 radical (unpaired) electrons. The van der Waals surface area contributed by atoms with Crippen molar-refractivity contribution in [1.82, 2.24) is 4.98 Å². The highest BCUT2D eigenvalue weighted by Crippen LogP contribution is 2.27. The summed E-state index contributed by atoms with van der Waals surface area (Å²) in [6, 6.07) is 12.3. The number of benzene rings is 1. The van der Waals surface area contributed by atoms with Crippen molar-refractivity contribution < 1.29 is 0 Å². The molecule has 0 aliphatic carbocycles. The van der Waals surface area contributed by atoms with E-state index in [1.54, 1.807) is 0 Å². The van der Waals surface area contributed by atoms with Gasteiger partial charge in [0.15, 0.2) is 0 Å². The number of anilines is 2. The van der Waals surface area contributed by atoms with Gasteiger partial charge in [0, 0.05) is 12.2 Å². The summed E-state index contributed by atoms with van der Waals surface area (Å²) in [6.07, 6.45) is 0. The summed E-state index contributed by atoms with van der Waals surface area (Å²) in [5.74, 6) is 0. The standard InChI is InChI=1S/C16H21N3/c1-4-19(11-14-9-6-8-13(3)18-14)15-10-5-7-12(2)16(15)17/h5-10H,4,11,17H2,1-3H3. The minimum atomic E-state index is 0.784. The van der Waals surface area contributed by atoms with Crippen LogP contribution >= 0.6 is 0 Å². The van der Waals surface area contributed by atoms with Crippen LogP contribution in [-0.2, 0) is 6.54 Å². The lowest BCUT2D eigenvalue weighted by Gasteiger charge is -2.25. The van der Waals surface area contributed by atoms with Crippen LogP contribution in [0.15, 0.2) is 36.4 Å². The monoisotopic (exact) mass is 255 g/mol. The van der Waals surface area contributed by atoms with E-state index in [1.807, 2.05) is 38.1 Å². The number of nitrogens with two attached hydrogens (primary N) is 1. The highest BCUT2D eigenvalue weighted by molar-refractivity contribution is 5.70. The first kappa shape index (κ1) is 13.4. The van der Waals surface area contributed by atoms with Crippen LogP contribution in [0, 0.1) is 13.8 Å². The summed E-state index contributed by atoms with van der Waals surface area (Å²) >= 11 is 0. The van der Waals surface area contributed by atoms with E-state index in [-0.39, 0.29) is 0 Å². The van der Waals surface area contributed by atoms with Crippen LogP contribution in [0.25, 0.3) is 0 Å². The third kappa shape index (κ3) is 3.05. The molecule has 0 aliphatic rings. The lowest BCUT2D eigenvalue weighted by Crippen LogP contribution is -2.24. The molecule has 2 rings (SSSR count). The van der Waals surface area contributed by atoms with Gasteiger partial charge in [-0.1, -0.05) is 18.2 Å². The van der Waals surface area contributed by atoms with Crippen LogP contribution in [-0.4, -0.2) is 11.5 Å². The highest BCUT2D eigenvalue weighted by Gasteiger charge is 2.10. The predicted molar refractivity (Wildman–Crippen MR) is 81.3 cm³/mol. The molecule has 2 aromatic rings. The van der Waals surface area contributed by atoms with Crippen LogP contribution < -0.4 is 10.6 Å². The molecule has 1 heterocycles. The summed E-state index contributed by atoms with van der Waals surface area (Å²) in [5, 5.41) is 0. The SMILES string of the molecule is CCN(Cc1cccc(C)n1)c1cccc(C)c1N. The molecule has 0 bridgehead atoms. The van der Waals surface area contributed by atoms with Crippen molar-refractivity contribution in [2.75, 3.05) is 17.2 Å². The number of nitrogen functional groups attached to an aromatic ring is 1. The maximum absolute atomic E-state index is 6.18. The summed E-state index contributed by atoms with van der Waals surface area (Å²) in [7, 11) is 0. The average Bonchev–Trinajstić information content (AvgIpc) is 2.40. The van der Waals surface area contributed by atoms with E-state index >= 15 is 0 Å². The molecule has 0 saturated carbocycles. The average molecular weight is 255 g/mol. The Morgan fingerprint density at radius 2 is 1.84 bits per heavy atom. The lowest BCUT2D eigenvalue weighted by molar-refractivity contribution is 0.806. The van der Waals surface area contributed by atoms with Gasteiger partial charge >= 0.3 is 0 Å². The quantitative estimate of drug-likeness (QED) is 0.852. The molecular weight excluding hydrogens is 234 g/mol. The number of hydrogen-bond donors (Lipinski definition) is 1. The maximum atomic E-state index is 6.18. The van der Waals surface area contributed by atoms with E-state index in [1.165, 1.54) is 0 Å². The Bertz CT molecular complexity index is 564. The van der Waals surface area contributed by atoms with Crippen molar-refractivity contribution in [3.05, 3.63) is 53.3 Å². The van der Waals surface area contributed by atoms with E-state index in [4.69, 9.17) is 5.73 Å². The van der Waals surface area contributed by atoms with Gasteiger partial charge in [0.25, 0.3) is 0 Å². The Balaban J connectivity index is 2.28. The van der Waals surface area contributed by atoms with Crippen molar-refractivity contribution >= 4 is 11.4 Å². The Labute approximate surface area is 115 Å². The van der Waals surface area contributed by atoms with Crippen LogP contribution in [0.3, 0.4) is 0 Å². The van der Waals surface area contributed by atoms with Crippen LogP contribution in [0.1, 0.15) is 23.9 Å². The molecule has 0 aliphatic heterocycles. The third-order valence-corrected chi connectivity index (χ3v) is 3.32. The highest BCUT2D eigenvalue weighted by atomic mass is 15.1. The number of rotatable bonds is 4. The predicted octanol–water partition coefficient (Wildman–Crippen LogP) is 3.31. The fourth-order valence-electron chi connectivity index (χ4n) is 2.19. The molecule has 0 spiro atoms. The molecule has 3 nitrogen and oxygen atoms in total. The fourth-order valence-corrected chi connectivity index (χ4v) is 2.19. The van der Waals surface area contributed by atoms with Crippen LogP contribution in [0.4, 0.5) is 11.4 Å². The zero-order valence-corrected chi connectivity index (χ0v) is 11.9. The third-order valence-electron chi connectivity index (χ3n) is 3.32. The molecule has 2 N–H and O–H groups in total. The molecule has 0 saturated heterocycles. The van der Waals surface area contributed by atoms with Crippen LogP contribution in [0.2, 0.25) is 0 Å². The van der Waals surface area contributed by atoms with Gasteiger partial charge in [0.2, 0.25) is 0 Å². The van der Waals surface area contributed by atoms with Gasteiger partial charge in [-0.2, -0.15) is 0 Å². The molecule has 1 aromatic carbocycles. The van der Waals surface area contributed by atoms with Crippen molar-refractivity contribution in [3.8, 4) is 0 Å². The van der Waals surface area contributed by atoms with Gasteiger partial charge in [-0.25, -0.2) is 0 Å². The maximum Gasteiger partial charge on any atom is 0.0606 e. The Kier molecular flexibility index (Phi) is 4.05. The van der Waals surface area contributed by atoms with Crippen molar-refractivity contribution in [3.63, 3.8) is 0 Å². The Morgan fingerprint density at radius 3 is 2.53 bits per heavy atom. The van der Waals surface area contributed by atoms with Crippen molar-refractivity contribution in [1.29, 1.82) is 0 Å². The van der Waals surface area contributed by atoms with Gasteiger partial charge in [0.05, 0.1) is 23.6 Å². The number of nitrogens with zero attached hydrogens (tertiary/aromatic N) is 2. The van der Waals surface area contributed by atoms with E-state index < -0.39 is 0 Å². The second kappa shape index (κ2) is 5.74. The van der Waals surface area contributed by atoms with Gasteiger partial charge < -0.3 is 10.6 Å². The molecule has 0 amide bonds. The van der Waals surface area contributed by atoms with E-state index in [9.17, 15) is 0 Å². The second-order valence-electron chi connectivity index (χ2n) is 4.79. The summed E-state index contributed by atoms with van der Waals surface area (Å²) in [4.78, 5) is 6.81. The van der Waals surface area contributed by atoms with Gasteiger partial charge in [-0.15, -0.1) is 0 Å². The minimum Gasteiger partial charge on any atom is -0.397 e. The molecule has 1 aromatic heterocycles. The zero-order valence-electron chi connectivity index (χ0n) is 11.9. The van der Waals surface area contributed by atoms with E-state index in [2.05, 4.69) is 28.9 Å². The number of aryl methyl sites for hydroxylation is 2. The number of pyridine rings is 1. The molecule has 100 valence electrons. The lowest BCUT2D eigenvalue weighted by atomic mass is 10.1. The number of aromatic nitrogens is 1. The molecule has 0 fully saturated rings. The molecule has 19 heavy (non-hydrogen) atoms. The van der Waals surface area contributed by atoms with E-state index in [0.717, 1.165) is 41.4 Å². The smallest absolute Gasteiger partial charge is 0.0606 e. The number of para-hydroxylation sites is 1. The first-order valence-electron chi connectivity index (χ1n) is 6.64.